The Balaban J connectivity index is 1.95. The number of aliphatic hydroxyl groups is 1. The molecule has 98 valence electrons. The van der Waals surface area contributed by atoms with E-state index in [9.17, 15) is 4.79 Å². The Morgan fingerprint density at radius 1 is 1.28 bits per heavy atom. The predicted octanol–water partition coefficient (Wildman–Crippen LogP) is 0.745. The number of carbonyl (C=O) groups is 1. The first-order valence-electron chi connectivity index (χ1n) is 6.40. The zero-order chi connectivity index (χ0) is 13.0. The van der Waals surface area contributed by atoms with Crippen molar-refractivity contribution < 1.29 is 9.90 Å². The summed E-state index contributed by atoms with van der Waals surface area (Å²) in [5.74, 6) is 0.113. The van der Waals surface area contributed by atoms with Crippen LogP contribution in [0.2, 0.25) is 0 Å². The molecule has 0 atom stereocenters. The van der Waals surface area contributed by atoms with Crippen LogP contribution in [0.4, 0.5) is 0 Å². The van der Waals surface area contributed by atoms with Crippen LogP contribution in [0.3, 0.4) is 0 Å². The minimum atomic E-state index is 0.113. The van der Waals surface area contributed by atoms with Crippen molar-refractivity contribution in [2.45, 2.75) is 6.92 Å². The summed E-state index contributed by atoms with van der Waals surface area (Å²) in [4.78, 5) is 16.3. The summed E-state index contributed by atoms with van der Waals surface area (Å²) in [6.45, 7) is 6.06. The predicted molar refractivity (Wildman–Crippen MR) is 70.6 cm³/mol. The summed E-state index contributed by atoms with van der Waals surface area (Å²) in [6.07, 6.45) is 0. The SMILES string of the molecule is Cc1cccc(C(=O)N2CCN(CCO)CC2)c1. The van der Waals surface area contributed by atoms with E-state index >= 15 is 0 Å². The molecule has 1 aromatic rings. The molecule has 2 rings (SSSR count). The second-order valence-corrected chi connectivity index (χ2v) is 4.73. The molecule has 0 aromatic heterocycles. The average Bonchev–Trinajstić information content (AvgIpc) is 2.39. The lowest BCUT2D eigenvalue weighted by molar-refractivity contribution is 0.0615. The Hall–Kier alpha value is -1.39. The molecule has 4 heteroatoms. The lowest BCUT2D eigenvalue weighted by Gasteiger charge is -2.34. The highest BCUT2D eigenvalue weighted by Crippen LogP contribution is 2.10. The standard InChI is InChI=1S/C14H20N2O2/c1-12-3-2-4-13(11-12)14(18)16-7-5-15(6-8-16)9-10-17/h2-4,11,17H,5-10H2,1H3. The van der Waals surface area contributed by atoms with Gasteiger partial charge in [0.1, 0.15) is 0 Å². The molecule has 1 N–H and O–H groups in total. The van der Waals surface area contributed by atoms with Crippen LogP contribution in [-0.4, -0.2) is 60.1 Å². The minimum absolute atomic E-state index is 0.113. The Morgan fingerprint density at radius 3 is 2.61 bits per heavy atom. The number of nitrogens with zero attached hydrogens (tertiary/aromatic N) is 2. The molecule has 4 nitrogen and oxygen atoms in total. The number of piperazine rings is 1. The summed E-state index contributed by atoms with van der Waals surface area (Å²) in [7, 11) is 0. The molecule has 0 unspecified atom stereocenters. The topological polar surface area (TPSA) is 43.8 Å². The lowest BCUT2D eigenvalue weighted by atomic mass is 10.1. The second-order valence-electron chi connectivity index (χ2n) is 4.73. The summed E-state index contributed by atoms with van der Waals surface area (Å²) < 4.78 is 0. The van der Waals surface area contributed by atoms with Gasteiger partial charge in [-0.3, -0.25) is 9.69 Å². The van der Waals surface area contributed by atoms with E-state index in [1.54, 1.807) is 0 Å². The molecule has 18 heavy (non-hydrogen) atoms. The maximum Gasteiger partial charge on any atom is 0.253 e. The Morgan fingerprint density at radius 2 is 2.00 bits per heavy atom. The molecule has 0 saturated carbocycles. The molecule has 0 radical (unpaired) electrons. The van der Waals surface area contributed by atoms with Gasteiger partial charge in [-0.1, -0.05) is 17.7 Å². The number of benzene rings is 1. The van der Waals surface area contributed by atoms with E-state index in [0.717, 1.165) is 37.3 Å². The zero-order valence-corrected chi connectivity index (χ0v) is 10.8. The highest BCUT2D eigenvalue weighted by Gasteiger charge is 2.21. The molecular weight excluding hydrogens is 228 g/mol. The fraction of sp³-hybridized carbons (Fsp3) is 0.500. The maximum atomic E-state index is 12.3. The van der Waals surface area contributed by atoms with Crippen molar-refractivity contribution in [1.29, 1.82) is 0 Å². The number of hydrogen-bond acceptors (Lipinski definition) is 3. The quantitative estimate of drug-likeness (QED) is 0.858. The maximum absolute atomic E-state index is 12.3. The van der Waals surface area contributed by atoms with Crippen LogP contribution in [0.25, 0.3) is 0 Å². The fourth-order valence-corrected chi connectivity index (χ4v) is 2.28. The molecule has 1 aromatic carbocycles. The first kappa shape index (κ1) is 13.1. The number of carbonyl (C=O) groups excluding carboxylic acids is 1. The molecule has 1 saturated heterocycles. The molecule has 1 aliphatic rings. The summed E-state index contributed by atoms with van der Waals surface area (Å²) in [6, 6.07) is 7.72. The lowest BCUT2D eigenvalue weighted by Crippen LogP contribution is -2.49. The van der Waals surface area contributed by atoms with Crippen molar-refractivity contribution in [3.63, 3.8) is 0 Å². The monoisotopic (exact) mass is 248 g/mol. The number of aryl methyl sites for hydroxylation is 1. The summed E-state index contributed by atoms with van der Waals surface area (Å²) in [5, 5.41) is 8.88. The van der Waals surface area contributed by atoms with Crippen molar-refractivity contribution in [2.24, 2.45) is 0 Å². The molecule has 0 bridgehead atoms. The largest absolute Gasteiger partial charge is 0.395 e. The van der Waals surface area contributed by atoms with Crippen LogP contribution in [0.15, 0.2) is 24.3 Å². The number of hydrogen-bond donors (Lipinski definition) is 1. The van der Waals surface area contributed by atoms with Gasteiger partial charge in [0.25, 0.3) is 5.91 Å². The number of rotatable bonds is 3. The third-order valence-electron chi connectivity index (χ3n) is 3.34. The van der Waals surface area contributed by atoms with E-state index in [1.807, 2.05) is 36.1 Å². The van der Waals surface area contributed by atoms with E-state index in [4.69, 9.17) is 5.11 Å². The van der Waals surface area contributed by atoms with Crippen molar-refractivity contribution in [3.8, 4) is 0 Å². The Kier molecular flexibility index (Phi) is 4.33. The van der Waals surface area contributed by atoms with Crippen LogP contribution in [0.1, 0.15) is 15.9 Å². The van der Waals surface area contributed by atoms with E-state index in [-0.39, 0.29) is 12.5 Å². The van der Waals surface area contributed by atoms with Gasteiger partial charge in [-0.25, -0.2) is 0 Å². The normalized spacial score (nSPS) is 16.9. The zero-order valence-electron chi connectivity index (χ0n) is 10.8. The summed E-state index contributed by atoms with van der Waals surface area (Å²) in [5.41, 5.74) is 1.88. The van der Waals surface area contributed by atoms with Gasteiger partial charge >= 0.3 is 0 Å². The highest BCUT2D eigenvalue weighted by atomic mass is 16.3. The van der Waals surface area contributed by atoms with Gasteiger partial charge in [0.05, 0.1) is 6.61 Å². The van der Waals surface area contributed by atoms with Crippen LogP contribution in [-0.2, 0) is 0 Å². The van der Waals surface area contributed by atoms with Crippen molar-refractivity contribution >= 4 is 5.91 Å². The van der Waals surface area contributed by atoms with Gasteiger partial charge in [0, 0.05) is 38.3 Å². The molecule has 1 heterocycles. The molecule has 1 aliphatic heterocycles. The fourth-order valence-electron chi connectivity index (χ4n) is 2.28. The van der Waals surface area contributed by atoms with Gasteiger partial charge in [-0.2, -0.15) is 0 Å². The molecule has 0 aliphatic carbocycles. The average molecular weight is 248 g/mol. The highest BCUT2D eigenvalue weighted by molar-refractivity contribution is 5.94. The van der Waals surface area contributed by atoms with Gasteiger partial charge in [0.15, 0.2) is 0 Å². The van der Waals surface area contributed by atoms with Gasteiger partial charge in [-0.15, -0.1) is 0 Å². The second kappa shape index (κ2) is 5.98. The number of β-amino-alcohol motifs (C(OH)–C–C–N with tert-alkyl or cyclic N) is 1. The Labute approximate surface area is 108 Å². The van der Waals surface area contributed by atoms with E-state index in [2.05, 4.69) is 4.90 Å². The third-order valence-corrected chi connectivity index (χ3v) is 3.34. The van der Waals surface area contributed by atoms with E-state index in [0.29, 0.717) is 6.54 Å². The molecule has 1 fully saturated rings. The summed E-state index contributed by atoms with van der Waals surface area (Å²) >= 11 is 0. The molecule has 0 spiro atoms. The van der Waals surface area contributed by atoms with Crippen molar-refractivity contribution in [3.05, 3.63) is 35.4 Å². The minimum Gasteiger partial charge on any atom is -0.395 e. The molecular formula is C14H20N2O2. The third kappa shape index (κ3) is 3.09. The van der Waals surface area contributed by atoms with Crippen LogP contribution in [0, 0.1) is 6.92 Å². The van der Waals surface area contributed by atoms with Crippen molar-refractivity contribution in [1.82, 2.24) is 9.80 Å². The van der Waals surface area contributed by atoms with E-state index < -0.39 is 0 Å². The molecule has 1 amide bonds. The number of aliphatic hydroxyl groups excluding tert-OH is 1. The first-order chi connectivity index (χ1) is 8.70. The van der Waals surface area contributed by atoms with Crippen LogP contribution in [0.5, 0.6) is 0 Å². The smallest absolute Gasteiger partial charge is 0.253 e. The number of amides is 1. The Bertz CT molecular complexity index is 412. The van der Waals surface area contributed by atoms with E-state index in [1.165, 1.54) is 0 Å². The van der Waals surface area contributed by atoms with Crippen LogP contribution >= 0.6 is 0 Å². The first-order valence-corrected chi connectivity index (χ1v) is 6.40. The van der Waals surface area contributed by atoms with Gasteiger partial charge < -0.3 is 10.0 Å². The van der Waals surface area contributed by atoms with Crippen LogP contribution < -0.4 is 0 Å². The van der Waals surface area contributed by atoms with Gasteiger partial charge in [0.2, 0.25) is 0 Å². The van der Waals surface area contributed by atoms with Crippen molar-refractivity contribution in [2.75, 3.05) is 39.3 Å². The van der Waals surface area contributed by atoms with Gasteiger partial charge in [-0.05, 0) is 19.1 Å².